The van der Waals surface area contributed by atoms with Gasteiger partial charge in [0.15, 0.2) is 34.1 Å². The minimum absolute atomic E-state index is 0.0187. The Bertz CT molecular complexity index is 5630. The first-order valence-corrected chi connectivity index (χ1v) is 35.3. The number of carbonyl (C=O) groups excluding carboxylic acids is 2. The van der Waals surface area contributed by atoms with Crippen molar-refractivity contribution >= 4 is 57.1 Å². The van der Waals surface area contributed by atoms with Gasteiger partial charge in [-0.1, -0.05) is 120 Å². The Balaban J connectivity index is 0.000000235. The zero-order chi connectivity index (χ0) is 87.7. The fourth-order valence-electron chi connectivity index (χ4n) is 12.3. The molecule has 106 heavy (non-hydrogen) atoms. The maximum atomic E-state index is 15.0. The van der Waals surface area contributed by atoms with Gasteiger partial charge in [0, 0.05) is 132 Å². The Kier molecular flexibility index (Phi) is 20.2. The van der Waals surface area contributed by atoms with Crippen LogP contribution in [0.5, 0.6) is 0 Å². The number of carbonyl (C=O) groups is 2. The highest BCUT2D eigenvalue weighted by Gasteiger charge is 2.34. The molecule has 2 fully saturated rings. The summed E-state index contributed by atoms with van der Waals surface area (Å²) in [4.78, 5) is 63.5. The molecule has 0 unspecified atom stereocenters. The largest absolute Gasteiger partial charge is 0.416 e. The predicted molar refractivity (Wildman–Crippen MR) is 395 cm³/mol. The molecule has 0 saturated carbocycles. The van der Waals surface area contributed by atoms with Gasteiger partial charge in [-0.15, -0.1) is 23.5 Å². The van der Waals surface area contributed by atoms with E-state index >= 15 is 4.39 Å². The number of alkyl halides is 6. The lowest BCUT2D eigenvalue weighted by molar-refractivity contribution is -0.138. The number of benzene rings is 8. The Labute approximate surface area is 636 Å². The molecular formula is C82H80F10N6O6S2. The van der Waals surface area contributed by atoms with Crippen molar-refractivity contribution in [3.63, 3.8) is 0 Å². The summed E-state index contributed by atoms with van der Waals surface area (Å²) < 4.78 is 272. The number of aromatic nitrogens is 2. The van der Waals surface area contributed by atoms with Crippen molar-refractivity contribution in [3.05, 3.63) is 270 Å². The van der Waals surface area contributed by atoms with E-state index in [-0.39, 0.29) is 128 Å². The molecule has 24 heteroatoms. The molecule has 12 nitrogen and oxygen atoms in total. The molecule has 0 bridgehead atoms. The Hall–Kier alpha value is -9.04. The van der Waals surface area contributed by atoms with Crippen LogP contribution in [0.1, 0.15) is 89.4 Å². The lowest BCUT2D eigenvalue weighted by Crippen LogP contribution is -2.48. The van der Waals surface area contributed by atoms with Crippen LogP contribution < -0.4 is 10.9 Å². The SMILES string of the molecule is [2H]c1c(C)c([2H])c2c(=O)c([2H])c(SC([2H])([2H])c3cccc(F)c3F)n(CC(=O)N(Cc3ccc(-c4ccc(C(F)(F)F)cc4)cc3)C3CCN(C([2H])([2H])COC)CC3)c2c1[2H].[2H]c1c(C)c([2H])c2c(=O)c([2H])c(SCc3cccc(F)c3F)n(CC(=O)N(Cc3ccc(-c4ccc(C(F)(F)F)cc4)cc3)C3CCN(C([2H])([2H])COC)CC3)c2c1[2H]. The molecule has 4 heterocycles. The van der Waals surface area contributed by atoms with E-state index in [1.54, 1.807) is 63.2 Å². The molecule has 0 radical (unpaired) electrons. The van der Waals surface area contributed by atoms with Crippen molar-refractivity contribution in [1.82, 2.24) is 28.7 Å². The molecular weight excluding hydrogens is 1420 g/mol. The number of amides is 2. The quantitative estimate of drug-likeness (QED) is 0.0428. The monoisotopic (exact) mass is 1510 g/mol. The van der Waals surface area contributed by atoms with E-state index < -0.39 is 171 Å². The summed E-state index contributed by atoms with van der Waals surface area (Å²) in [5.41, 5.74) is -4.48. The Morgan fingerprint density at radius 1 is 0.509 bits per heavy atom. The first-order chi connectivity index (χ1) is 56.4. The van der Waals surface area contributed by atoms with E-state index in [1.165, 1.54) is 73.9 Å². The van der Waals surface area contributed by atoms with Gasteiger partial charge in [-0.25, -0.2) is 17.6 Å². The first-order valence-electron chi connectivity index (χ1n) is 40.5. The number of hydrogen-bond donors (Lipinski definition) is 0. The van der Waals surface area contributed by atoms with Gasteiger partial charge < -0.3 is 38.2 Å². The van der Waals surface area contributed by atoms with E-state index in [4.69, 9.17) is 28.7 Å². The molecule has 2 aliphatic rings. The summed E-state index contributed by atoms with van der Waals surface area (Å²) in [6, 6.07) is 24.1. The van der Waals surface area contributed by atoms with Gasteiger partial charge in [0.05, 0.1) is 56.4 Å². The second kappa shape index (κ2) is 35.1. The van der Waals surface area contributed by atoms with Gasteiger partial charge in [0.1, 0.15) is 13.1 Å². The van der Waals surface area contributed by atoms with Gasteiger partial charge in [0.25, 0.3) is 0 Å². The highest BCUT2D eigenvalue weighted by molar-refractivity contribution is 7.98. The fraction of sp³-hybridized carbons (Fsp3) is 0.317. The van der Waals surface area contributed by atoms with Crippen molar-refractivity contribution < 1.29 is 82.2 Å². The number of nitrogens with zero attached hydrogens (tertiary/aromatic N) is 6. The average molecular weight is 1510 g/mol. The number of pyridine rings is 2. The maximum absolute atomic E-state index is 15.0. The van der Waals surface area contributed by atoms with Crippen LogP contribution in [-0.4, -0.2) is 119 Å². The lowest BCUT2D eigenvalue weighted by atomic mass is 10.00. The predicted octanol–water partition coefficient (Wildman–Crippen LogP) is 17.4. The average Bonchev–Trinajstić information content (AvgIpc) is 0.736. The van der Waals surface area contributed by atoms with Gasteiger partial charge in [-0.3, -0.25) is 19.2 Å². The maximum Gasteiger partial charge on any atom is 0.416 e. The van der Waals surface area contributed by atoms with E-state index in [1.807, 2.05) is 0 Å². The normalized spacial score (nSPS) is 16.5. The molecule has 556 valence electrons. The third-order valence-corrected chi connectivity index (χ3v) is 19.9. The Morgan fingerprint density at radius 3 is 1.26 bits per heavy atom. The van der Waals surface area contributed by atoms with Crippen LogP contribution in [0, 0.1) is 37.1 Å². The van der Waals surface area contributed by atoms with Crippen LogP contribution in [0.4, 0.5) is 43.9 Å². The van der Waals surface area contributed by atoms with E-state index in [9.17, 15) is 58.7 Å². The molecule has 2 aromatic heterocycles. The molecule has 12 rings (SSSR count). The van der Waals surface area contributed by atoms with E-state index in [0.717, 1.165) is 64.9 Å². The van der Waals surface area contributed by atoms with E-state index in [0.29, 0.717) is 46.2 Å². The number of likely N-dealkylation sites (tertiary alicyclic amines) is 2. The minimum atomic E-state index is -4.51. The summed E-state index contributed by atoms with van der Waals surface area (Å²) in [7, 11) is 2.77. The zero-order valence-electron chi connectivity index (χ0n) is 71.7. The van der Waals surface area contributed by atoms with Crippen molar-refractivity contribution in [2.45, 2.75) is 112 Å². The van der Waals surface area contributed by atoms with Crippen molar-refractivity contribution in [3.8, 4) is 22.3 Å². The molecule has 0 aliphatic carbocycles. The standard InChI is InChI=1S/2C41H40F5N3O3S/c2*1-27-6-15-36-34(22-27)37(50)23-39(53-26-31-4-3-5-35(42)40(31)43)49(36)25-38(51)48(33-16-18-47(19-17-33)20-21-52-2)24-28-7-9-29(10-8-28)30-11-13-32(14-12-30)41(44,45)46/h2*3-15,22-23,33H,16-21,24-26H2,1-2H3/i6D,15D,20D2,22D,23D,26D2;6D,15D,20D2,22D,23D. The van der Waals surface area contributed by atoms with Crippen molar-refractivity contribution in [2.24, 2.45) is 0 Å². The number of thioether (sulfide) groups is 2. The highest BCUT2D eigenvalue weighted by atomic mass is 32.2. The molecule has 0 atom stereocenters. The number of fused-ring (bicyclic) bond motifs is 2. The topological polar surface area (TPSA) is 110 Å². The van der Waals surface area contributed by atoms with Gasteiger partial charge in [-0.05, 0) is 133 Å². The summed E-state index contributed by atoms with van der Waals surface area (Å²) in [6.07, 6.45) is -7.78. The van der Waals surface area contributed by atoms with Crippen molar-refractivity contribution in [1.29, 1.82) is 0 Å². The van der Waals surface area contributed by atoms with Crippen LogP contribution >= 0.6 is 23.5 Å². The number of rotatable bonds is 24. The number of hydrogen-bond acceptors (Lipinski definition) is 10. The molecule has 10 aromatic rings. The summed E-state index contributed by atoms with van der Waals surface area (Å²) >= 11 is 0.910. The third kappa shape index (κ3) is 19.6. The van der Waals surface area contributed by atoms with Gasteiger partial charge in [-0.2, -0.15) is 26.3 Å². The van der Waals surface area contributed by atoms with Crippen LogP contribution in [-0.2, 0) is 69.1 Å². The molecule has 0 spiro atoms. The molecule has 2 amide bonds. The number of methoxy groups -OCH3 is 2. The van der Waals surface area contributed by atoms with Crippen LogP contribution in [0.3, 0.4) is 0 Å². The number of halogens is 10. The lowest BCUT2D eigenvalue weighted by Gasteiger charge is -2.39. The van der Waals surface area contributed by atoms with Crippen LogP contribution in [0.15, 0.2) is 201 Å². The van der Waals surface area contributed by atoms with Gasteiger partial charge >= 0.3 is 12.4 Å². The summed E-state index contributed by atoms with van der Waals surface area (Å²) in [5.74, 6) is -6.60. The second-order valence-electron chi connectivity index (χ2n) is 25.2. The smallest absolute Gasteiger partial charge is 0.383 e. The summed E-state index contributed by atoms with van der Waals surface area (Å²) in [5, 5.41) is -1.49. The Morgan fingerprint density at radius 2 is 0.877 bits per heavy atom. The number of piperidine rings is 2. The summed E-state index contributed by atoms with van der Waals surface area (Å²) in [6.45, 7) is -1.70. The van der Waals surface area contributed by atoms with Crippen LogP contribution in [0.2, 0.25) is 0 Å². The fourth-order valence-corrected chi connectivity index (χ4v) is 14.1. The molecule has 8 aromatic carbocycles. The molecule has 2 saturated heterocycles. The zero-order valence-corrected chi connectivity index (χ0v) is 59.3. The minimum Gasteiger partial charge on any atom is -0.383 e. The molecule has 0 N–H and O–H groups in total. The van der Waals surface area contributed by atoms with Gasteiger partial charge in [0.2, 0.25) is 11.8 Å². The third-order valence-electron chi connectivity index (χ3n) is 18.0. The van der Waals surface area contributed by atoms with Crippen LogP contribution in [0.25, 0.3) is 44.1 Å². The van der Waals surface area contributed by atoms with E-state index in [2.05, 4.69) is 0 Å². The highest BCUT2D eigenvalue weighted by Crippen LogP contribution is 2.36. The molecule has 2 aliphatic heterocycles. The number of ether oxygens (including phenoxy) is 2. The van der Waals surface area contributed by atoms with Crippen molar-refractivity contribution in [2.75, 3.05) is 66.6 Å². The second-order valence-corrected chi connectivity index (χ2v) is 26.9. The first kappa shape index (κ1) is 61.0.